The van der Waals surface area contributed by atoms with Gasteiger partial charge in [-0.15, -0.1) is 0 Å². The van der Waals surface area contributed by atoms with E-state index in [0.29, 0.717) is 18.3 Å². The van der Waals surface area contributed by atoms with E-state index in [9.17, 15) is 4.79 Å². The van der Waals surface area contributed by atoms with E-state index >= 15 is 0 Å². The Labute approximate surface area is 211 Å². The molecule has 0 aromatic heterocycles. The Morgan fingerprint density at radius 2 is 1.74 bits per heavy atom. The molecule has 1 aliphatic carbocycles. The van der Waals surface area contributed by atoms with Crippen LogP contribution in [-0.4, -0.2) is 41.5 Å². The van der Waals surface area contributed by atoms with Crippen LogP contribution >= 0.6 is 0 Å². The van der Waals surface area contributed by atoms with Crippen LogP contribution in [0.2, 0.25) is 39.3 Å². The summed E-state index contributed by atoms with van der Waals surface area (Å²) in [6.45, 7) is 15.2. The van der Waals surface area contributed by atoms with E-state index in [1.54, 1.807) is 7.11 Å². The smallest absolute Gasteiger partial charge is 0.292 e. The zero-order valence-corrected chi connectivity index (χ0v) is 25.2. The van der Waals surface area contributed by atoms with E-state index in [2.05, 4.69) is 75.7 Å². The van der Waals surface area contributed by atoms with E-state index in [1.807, 2.05) is 0 Å². The van der Waals surface area contributed by atoms with Crippen molar-refractivity contribution in [1.29, 1.82) is 0 Å². The first-order valence-electron chi connectivity index (χ1n) is 13.3. The fourth-order valence-electron chi connectivity index (χ4n) is 4.28. The fourth-order valence-corrected chi connectivity index (χ4v) is 6.17. The van der Waals surface area contributed by atoms with Crippen molar-refractivity contribution in [1.82, 2.24) is 0 Å². The van der Waals surface area contributed by atoms with Gasteiger partial charge in [-0.2, -0.15) is 0 Å². The van der Waals surface area contributed by atoms with Crippen molar-refractivity contribution in [2.24, 2.45) is 17.0 Å². The van der Waals surface area contributed by atoms with E-state index < -0.39 is 16.6 Å². The summed E-state index contributed by atoms with van der Waals surface area (Å²) in [6.07, 6.45) is 19.8. The summed E-state index contributed by atoms with van der Waals surface area (Å²) in [5.41, 5.74) is 1.03. The summed E-state index contributed by atoms with van der Waals surface area (Å²) in [4.78, 5) is 17.0. The second-order valence-corrected chi connectivity index (χ2v) is 20.3. The molecule has 0 aliphatic heterocycles. The zero-order chi connectivity index (χ0) is 25.6. The summed E-state index contributed by atoms with van der Waals surface area (Å²) in [5.74, 6) is 0.642. The number of hydrogen-bond donors (Lipinski definition) is 0. The Balaban J connectivity index is 2.60. The molecule has 0 unspecified atom stereocenters. The van der Waals surface area contributed by atoms with Gasteiger partial charge in [-0.05, 0) is 64.6 Å². The van der Waals surface area contributed by atoms with Gasteiger partial charge in [-0.3, -0.25) is 4.79 Å². The van der Waals surface area contributed by atoms with Gasteiger partial charge in [0, 0.05) is 18.3 Å². The monoisotopic (exact) mass is 509 g/mol. The van der Waals surface area contributed by atoms with Gasteiger partial charge in [-0.25, -0.2) is 0 Å². The highest BCUT2D eigenvalue weighted by atomic mass is 28.4. The lowest BCUT2D eigenvalue weighted by atomic mass is 9.88. The number of carbonyl (C=O) groups excluding carboxylic acids is 1. The van der Waals surface area contributed by atoms with Gasteiger partial charge < -0.3 is 13.7 Å². The standard InChI is InChI=1S/C27H51NO4Si2/c1-9-10-13-16-24(31-33(3,4)5)21-19-23-20-22-26(28-30-2)25(23)17-14-11-12-15-18-27(29)32-34(6,7)8/h19-25H,9-18H2,1-8H3/b21-19+,28-26-/t23-,24-,25+/m0/s1. The average molecular weight is 510 g/mol. The number of hydrogen-bond acceptors (Lipinski definition) is 5. The third-order valence-corrected chi connectivity index (χ3v) is 7.59. The van der Waals surface area contributed by atoms with Gasteiger partial charge in [0.15, 0.2) is 8.32 Å². The molecule has 0 aromatic rings. The lowest BCUT2D eigenvalue weighted by Crippen LogP contribution is -2.31. The zero-order valence-electron chi connectivity index (χ0n) is 23.2. The minimum atomic E-state index is -1.77. The third-order valence-electron chi connectivity index (χ3n) is 5.74. The van der Waals surface area contributed by atoms with Crippen molar-refractivity contribution < 1.29 is 18.5 Å². The maximum Gasteiger partial charge on any atom is 0.292 e. The molecule has 1 aliphatic rings. The molecule has 0 N–H and O–H groups in total. The van der Waals surface area contributed by atoms with Gasteiger partial charge in [0.25, 0.3) is 5.97 Å². The van der Waals surface area contributed by atoms with E-state index in [1.165, 1.54) is 19.3 Å². The van der Waals surface area contributed by atoms with Crippen LogP contribution < -0.4 is 0 Å². The molecular formula is C27H51NO4Si2. The average Bonchev–Trinajstić information content (AvgIpc) is 3.08. The number of carbonyl (C=O) groups is 1. The molecule has 196 valence electrons. The van der Waals surface area contributed by atoms with Gasteiger partial charge in [0.2, 0.25) is 8.32 Å². The molecule has 0 heterocycles. The Hall–Kier alpha value is -1.19. The Morgan fingerprint density at radius 1 is 1.03 bits per heavy atom. The predicted octanol–water partition coefficient (Wildman–Crippen LogP) is 7.87. The topological polar surface area (TPSA) is 57.1 Å². The van der Waals surface area contributed by atoms with Crippen molar-refractivity contribution in [2.75, 3.05) is 7.11 Å². The molecule has 34 heavy (non-hydrogen) atoms. The molecule has 7 heteroatoms. The first-order chi connectivity index (χ1) is 15.9. The molecule has 0 radical (unpaired) electrons. The minimum Gasteiger partial charge on any atom is -0.520 e. The quantitative estimate of drug-likeness (QED) is 0.0866. The normalized spacial score (nSPS) is 20.9. The summed E-state index contributed by atoms with van der Waals surface area (Å²) in [6, 6.07) is 0. The highest BCUT2D eigenvalue weighted by Gasteiger charge is 2.28. The number of rotatable bonds is 17. The lowest BCUT2D eigenvalue weighted by Gasteiger charge is -2.25. The number of oxime groups is 1. The van der Waals surface area contributed by atoms with Gasteiger partial charge >= 0.3 is 0 Å². The summed E-state index contributed by atoms with van der Waals surface area (Å²) < 4.78 is 12.0. The molecule has 0 amide bonds. The van der Waals surface area contributed by atoms with Crippen LogP contribution in [0.3, 0.4) is 0 Å². The summed E-state index contributed by atoms with van der Waals surface area (Å²) >= 11 is 0. The molecule has 0 aromatic carbocycles. The first kappa shape index (κ1) is 30.8. The predicted molar refractivity (Wildman–Crippen MR) is 149 cm³/mol. The van der Waals surface area contributed by atoms with Crippen LogP contribution in [0, 0.1) is 11.8 Å². The van der Waals surface area contributed by atoms with E-state index in [-0.39, 0.29) is 12.1 Å². The van der Waals surface area contributed by atoms with Crippen LogP contribution in [0.25, 0.3) is 0 Å². The Kier molecular flexibility index (Phi) is 14.3. The molecule has 0 spiro atoms. The molecule has 0 saturated carbocycles. The number of unbranched alkanes of at least 4 members (excludes halogenated alkanes) is 5. The van der Waals surface area contributed by atoms with Crippen molar-refractivity contribution >= 4 is 28.3 Å². The fraction of sp³-hybridized carbons (Fsp3) is 0.778. The Morgan fingerprint density at radius 3 is 2.35 bits per heavy atom. The minimum absolute atomic E-state index is 0.0343. The van der Waals surface area contributed by atoms with Crippen LogP contribution in [0.15, 0.2) is 29.5 Å². The van der Waals surface area contributed by atoms with Gasteiger partial charge in [0.05, 0.1) is 11.8 Å². The molecule has 5 nitrogen and oxygen atoms in total. The van der Waals surface area contributed by atoms with Crippen molar-refractivity contribution in [3.05, 3.63) is 24.3 Å². The molecule has 0 fully saturated rings. The summed E-state index contributed by atoms with van der Waals surface area (Å²) in [7, 11) is -1.75. The van der Waals surface area contributed by atoms with Crippen LogP contribution in [0.1, 0.15) is 71.1 Å². The molecule has 0 bridgehead atoms. The van der Waals surface area contributed by atoms with Crippen molar-refractivity contribution in [3.63, 3.8) is 0 Å². The lowest BCUT2D eigenvalue weighted by molar-refractivity contribution is -0.135. The van der Waals surface area contributed by atoms with Gasteiger partial charge in [-0.1, -0.05) is 68.8 Å². The van der Waals surface area contributed by atoms with E-state index in [0.717, 1.165) is 44.2 Å². The van der Waals surface area contributed by atoms with Crippen LogP contribution in [-0.2, 0) is 18.5 Å². The van der Waals surface area contributed by atoms with Crippen LogP contribution in [0.4, 0.5) is 0 Å². The first-order valence-corrected chi connectivity index (χ1v) is 20.1. The summed E-state index contributed by atoms with van der Waals surface area (Å²) in [5, 5.41) is 4.29. The highest BCUT2D eigenvalue weighted by molar-refractivity contribution is 6.71. The second-order valence-electron chi connectivity index (χ2n) is 11.4. The molecular weight excluding hydrogens is 458 g/mol. The largest absolute Gasteiger partial charge is 0.520 e. The Bertz CT molecular complexity index is 677. The van der Waals surface area contributed by atoms with E-state index in [4.69, 9.17) is 13.7 Å². The third kappa shape index (κ3) is 14.3. The second kappa shape index (κ2) is 15.7. The number of allylic oxidation sites excluding steroid dienone is 3. The SMILES string of the molecule is CCCCC[C@@H](/C=C/[C@H]1C=C/C(=N/OC)[C@@H]1CCCCCCC(=O)O[Si](C)(C)C)O[Si](C)(C)C. The van der Waals surface area contributed by atoms with Crippen molar-refractivity contribution in [2.45, 2.75) is 117 Å². The molecule has 3 atom stereocenters. The molecule has 1 rings (SSSR count). The highest BCUT2D eigenvalue weighted by Crippen LogP contribution is 2.30. The molecule has 0 saturated heterocycles. The maximum atomic E-state index is 11.9. The maximum absolute atomic E-state index is 11.9. The van der Waals surface area contributed by atoms with Crippen molar-refractivity contribution in [3.8, 4) is 0 Å². The van der Waals surface area contributed by atoms with Crippen LogP contribution in [0.5, 0.6) is 0 Å². The number of nitrogens with zero attached hydrogens (tertiary/aromatic N) is 1. The van der Waals surface area contributed by atoms with Gasteiger partial charge in [0.1, 0.15) is 7.11 Å².